The van der Waals surface area contributed by atoms with Gasteiger partial charge in [0.15, 0.2) is 10.9 Å². The fraction of sp³-hybridized carbons (Fsp3) is 0.552. The normalized spacial score (nSPS) is 21.0. The van der Waals surface area contributed by atoms with Gasteiger partial charge in [0.1, 0.15) is 21.7 Å². The number of nitrogens with one attached hydrogen (secondary N) is 2. The molecule has 7 rings (SSSR count). The molecule has 2 amide bonds. The molecular formula is C29H36N8O3S. The number of carbonyl (C=O) groups excluding carboxylic acids is 2. The summed E-state index contributed by atoms with van der Waals surface area (Å²) < 4.78 is 3.98. The van der Waals surface area contributed by atoms with Gasteiger partial charge in [0.2, 0.25) is 0 Å². The van der Waals surface area contributed by atoms with E-state index in [9.17, 15) is 14.7 Å². The number of aromatic nitrogens is 5. The monoisotopic (exact) mass is 576 g/mol. The van der Waals surface area contributed by atoms with E-state index in [4.69, 9.17) is 4.98 Å². The molecule has 216 valence electrons. The highest BCUT2D eigenvalue weighted by molar-refractivity contribution is 7.17. The highest BCUT2D eigenvalue weighted by atomic mass is 32.1. The number of imidazole rings is 1. The van der Waals surface area contributed by atoms with Crippen molar-refractivity contribution >= 4 is 56.2 Å². The van der Waals surface area contributed by atoms with Gasteiger partial charge in [-0.1, -0.05) is 11.3 Å². The Morgan fingerprint density at radius 2 is 1.80 bits per heavy atom. The van der Waals surface area contributed by atoms with E-state index in [2.05, 4.69) is 25.5 Å². The van der Waals surface area contributed by atoms with E-state index in [1.807, 2.05) is 36.1 Å². The Kier molecular flexibility index (Phi) is 6.50. The van der Waals surface area contributed by atoms with Crippen molar-refractivity contribution < 1.29 is 14.7 Å². The summed E-state index contributed by atoms with van der Waals surface area (Å²) >= 11 is 1.29. The predicted octanol–water partition coefficient (Wildman–Crippen LogP) is 4.25. The van der Waals surface area contributed by atoms with Crippen LogP contribution in [0, 0.1) is 6.92 Å². The van der Waals surface area contributed by atoms with Crippen molar-refractivity contribution in [3.8, 4) is 0 Å². The minimum Gasteiger partial charge on any atom is -0.393 e. The summed E-state index contributed by atoms with van der Waals surface area (Å²) in [5.41, 5.74) is 3.63. The Labute approximate surface area is 242 Å². The molecule has 4 aromatic rings. The van der Waals surface area contributed by atoms with Gasteiger partial charge in [-0.05, 0) is 71.3 Å². The van der Waals surface area contributed by atoms with Crippen molar-refractivity contribution in [1.29, 1.82) is 0 Å². The van der Waals surface area contributed by atoms with Gasteiger partial charge in [0.25, 0.3) is 11.8 Å². The maximum Gasteiger partial charge on any atom is 0.271 e. The zero-order valence-corrected chi connectivity index (χ0v) is 24.5. The molecule has 3 saturated carbocycles. The first-order valence-electron chi connectivity index (χ1n) is 14.7. The van der Waals surface area contributed by atoms with Gasteiger partial charge >= 0.3 is 0 Å². The Balaban J connectivity index is 1.22. The van der Waals surface area contributed by atoms with E-state index in [-0.39, 0.29) is 24.0 Å². The molecule has 0 radical (unpaired) electrons. The van der Waals surface area contributed by atoms with Gasteiger partial charge in [-0.2, -0.15) is 0 Å². The maximum absolute atomic E-state index is 13.8. The van der Waals surface area contributed by atoms with Crippen molar-refractivity contribution in [1.82, 2.24) is 34.3 Å². The Hall–Kier alpha value is -3.51. The molecule has 3 aliphatic rings. The van der Waals surface area contributed by atoms with Gasteiger partial charge in [-0.25, -0.2) is 15.0 Å². The number of pyridine rings is 1. The van der Waals surface area contributed by atoms with Crippen LogP contribution >= 0.6 is 11.3 Å². The number of fused-ring (bicyclic) bond motifs is 3. The van der Waals surface area contributed by atoms with E-state index >= 15 is 0 Å². The standard InChI is InChI=1S/C29H36N8O3S/c1-4-36-21(28(40)37(17-7-8-17)18-9-10-18)13-20-23-22(30-14-35(23)3)25(33-26(20)36)34-29-31-15(2)24(41-29)27(39)32-16-5-11-19(38)12-6-16/h13-14,16-19,38H,4-12H2,1-3H3,(H,32,39)(H,31,33,34). The van der Waals surface area contributed by atoms with Crippen LogP contribution in [0.1, 0.15) is 84.1 Å². The molecule has 3 N–H and O–H groups in total. The van der Waals surface area contributed by atoms with E-state index in [0.717, 1.165) is 55.1 Å². The summed E-state index contributed by atoms with van der Waals surface area (Å²) in [7, 11) is 1.95. The summed E-state index contributed by atoms with van der Waals surface area (Å²) in [5, 5.41) is 17.7. The van der Waals surface area contributed by atoms with Gasteiger partial charge < -0.3 is 29.8 Å². The second-order valence-electron chi connectivity index (χ2n) is 11.7. The van der Waals surface area contributed by atoms with Crippen LogP contribution in [0.5, 0.6) is 0 Å². The van der Waals surface area contributed by atoms with Gasteiger partial charge in [-0.15, -0.1) is 0 Å². The van der Waals surface area contributed by atoms with Gasteiger partial charge in [-0.3, -0.25) is 9.59 Å². The van der Waals surface area contributed by atoms with Crippen LogP contribution in [0.4, 0.5) is 10.9 Å². The number of aryl methyl sites for hydroxylation is 3. The smallest absolute Gasteiger partial charge is 0.271 e. The molecule has 4 aromatic heterocycles. The van der Waals surface area contributed by atoms with E-state index in [1.54, 1.807) is 6.33 Å². The van der Waals surface area contributed by atoms with E-state index in [0.29, 0.717) is 64.2 Å². The lowest BCUT2D eigenvalue weighted by atomic mass is 9.93. The summed E-state index contributed by atoms with van der Waals surface area (Å²) in [6.45, 7) is 4.49. The Morgan fingerprint density at radius 1 is 1.10 bits per heavy atom. The zero-order chi connectivity index (χ0) is 28.4. The molecule has 0 saturated heterocycles. The molecule has 0 bridgehead atoms. The molecule has 12 heteroatoms. The number of rotatable bonds is 8. The van der Waals surface area contributed by atoms with Crippen LogP contribution in [-0.2, 0) is 13.6 Å². The highest BCUT2D eigenvalue weighted by Crippen LogP contribution is 2.40. The fourth-order valence-electron chi connectivity index (χ4n) is 6.20. The topological polar surface area (TPSA) is 130 Å². The molecule has 0 aromatic carbocycles. The number of hydrogen-bond donors (Lipinski definition) is 3. The molecule has 0 aliphatic heterocycles. The summed E-state index contributed by atoms with van der Waals surface area (Å²) in [5.74, 6) is 0.501. The highest BCUT2D eigenvalue weighted by Gasteiger charge is 2.43. The second-order valence-corrected chi connectivity index (χ2v) is 12.7. The van der Waals surface area contributed by atoms with Crippen molar-refractivity contribution in [2.75, 3.05) is 5.32 Å². The minimum absolute atomic E-state index is 0.0653. The fourth-order valence-corrected chi connectivity index (χ4v) is 7.07. The SMILES string of the molecule is CCn1c(C(=O)N(C2CC2)C2CC2)cc2c3c(ncn3C)c(Nc3nc(C)c(C(=O)NC4CCC(O)CC4)s3)nc21. The third kappa shape index (κ3) is 4.76. The Morgan fingerprint density at radius 3 is 2.46 bits per heavy atom. The first kappa shape index (κ1) is 26.4. The van der Waals surface area contributed by atoms with Crippen LogP contribution in [0.3, 0.4) is 0 Å². The van der Waals surface area contributed by atoms with Crippen molar-refractivity contribution in [2.24, 2.45) is 7.05 Å². The van der Waals surface area contributed by atoms with E-state index < -0.39 is 0 Å². The van der Waals surface area contributed by atoms with Crippen LogP contribution < -0.4 is 10.6 Å². The number of aliphatic hydroxyl groups is 1. The summed E-state index contributed by atoms with van der Waals surface area (Å²) in [6.07, 6.45) is 8.81. The zero-order valence-electron chi connectivity index (χ0n) is 23.7. The average molecular weight is 577 g/mol. The average Bonchev–Trinajstić information content (AvgIpc) is 3.87. The number of nitrogens with zero attached hydrogens (tertiary/aromatic N) is 6. The number of thiazole rings is 1. The van der Waals surface area contributed by atoms with Crippen LogP contribution in [0.2, 0.25) is 0 Å². The van der Waals surface area contributed by atoms with Crippen molar-refractivity contribution in [3.63, 3.8) is 0 Å². The molecule has 11 nitrogen and oxygen atoms in total. The van der Waals surface area contributed by atoms with Crippen LogP contribution in [0.15, 0.2) is 12.4 Å². The lowest BCUT2D eigenvalue weighted by molar-refractivity contribution is 0.0719. The van der Waals surface area contributed by atoms with Crippen molar-refractivity contribution in [3.05, 3.63) is 28.7 Å². The predicted molar refractivity (Wildman–Crippen MR) is 158 cm³/mol. The van der Waals surface area contributed by atoms with Gasteiger partial charge in [0.05, 0.1) is 23.6 Å². The summed E-state index contributed by atoms with van der Waals surface area (Å²) in [4.78, 5) is 43.9. The third-order valence-electron chi connectivity index (χ3n) is 8.61. The number of amides is 2. The molecular weight excluding hydrogens is 540 g/mol. The second kappa shape index (κ2) is 10.1. The quantitative estimate of drug-likeness (QED) is 0.286. The van der Waals surface area contributed by atoms with E-state index in [1.165, 1.54) is 11.3 Å². The molecule has 4 heterocycles. The molecule has 41 heavy (non-hydrogen) atoms. The van der Waals surface area contributed by atoms with Crippen LogP contribution in [0.25, 0.3) is 22.1 Å². The first-order valence-corrected chi connectivity index (χ1v) is 15.5. The number of carbonyl (C=O) groups is 2. The van der Waals surface area contributed by atoms with Gasteiger partial charge in [0, 0.05) is 37.1 Å². The molecule has 0 atom stereocenters. The molecule has 0 unspecified atom stereocenters. The van der Waals surface area contributed by atoms with Crippen molar-refractivity contribution in [2.45, 2.75) is 96.0 Å². The molecule has 3 aliphatic carbocycles. The number of hydrogen-bond acceptors (Lipinski definition) is 8. The number of anilines is 2. The summed E-state index contributed by atoms with van der Waals surface area (Å²) in [6, 6.07) is 2.78. The minimum atomic E-state index is -0.268. The van der Waals surface area contributed by atoms with Crippen LogP contribution in [-0.4, -0.2) is 70.1 Å². The largest absolute Gasteiger partial charge is 0.393 e. The Bertz CT molecular complexity index is 1640. The lowest BCUT2D eigenvalue weighted by Crippen LogP contribution is -2.38. The molecule has 3 fully saturated rings. The lowest BCUT2D eigenvalue weighted by Gasteiger charge is -2.25. The maximum atomic E-state index is 13.8. The first-order chi connectivity index (χ1) is 19.8. The number of aliphatic hydroxyl groups excluding tert-OH is 1. The molecule has 0 spiro atoms. The third-order valence-corrected chi connectivity index (χ3v) is 9.68.